The minimum Gasteiger partial charge on any atom is -0.377 e. The molecule has 0 saturated heterocycles. The lowest BCUT2D eigenvalue weighted by Gasteiger charge is -2.24. The summed E-state index contributed by atoms with van der Waals surface area (Å²) in [7, 11) is 0. The van der Waals surface area contributed by atoms with E-state index in [-0.39, 0.29) is 0 Å². The molecule has 16 heavy (non-hydrogen) atoms. The third kappa shape index (κ3) is 3.47. The van der Waals surface area contributed by atoms with Crippen LogP contribution in [0.15, 0.2) is 22.7 Å². The van der Waals surface area contributed by atoms with Gasteiger partial charge in [0.25, 0.3) is 0 Å². The van der Waals surface area contributed by atoms with E-state index in [1.165, 1.54) is 25.7 Å². The zero-order chi connectivity index (χ0) is 11.4. The van der Waals surface area contributed by atoms with Gasteiger partial charge in [-0.05, 0) is 30.0 Å². The summed E-state index contributed by atoms with van der Waals surface area (Å²) in [6, 6.07) is 5.92. The Morgan fingerprint density at radius 1 is 1.38 bits per heavy atom. The van der Waals surface area contributed by atoms with Gasteiger partial charge in [-0.1, -0.05) is 52.9 Å². The maximum atomic E-state index is 6.10. The van der Waals surface area contributed by atoms with Crippen molar-refractivity contribution in [3.8, 4) is 0 Å². The van der Waals surface area contributed by atoms with Crippen molar-refractivity contribution in [2.24, 2.45) is 5.92 Å². The van der Waals surface area contributed by atoms with Crippen LogP contribution in [0.4, 0.5) is 0 Å². The van der Waals surface area contributed by atoms with Crippen molar-refractivity contribution in [2.45, 2.75) is 32.3 Å². The normalized spacial score (nSPS) is 16.1. The Morgan fingerprint density at radius 2 is 2.19 bits per heavy atom. The minimum absolute atomic E-state index is 0.624. The average Bonchev–Trinajstić information content (AvgIpc) is 2.18. The van der Waals surface area contributed by atoms with Gasteiger partial charge in [-0.2, -0.15) is 0 Å². The first-order valence-corrected chi connectivity index (χ1v) is 6.94. The molecule has 0 amide bonds. The van der Waals surface area contributed by atoms with Crippen molar-refractivity contribution >= 4 is 27.5 Å². The summed E-state index contributed by atoms with van der Waals surface area (Å²) in [4.78, 5) is 0. The third-order valence-electron chi connectivity index (χ3n) is 3.17. The van der Waals surface area contributed by atoms with Gasteiger partial charge in [0.1, 0.15) is 0 Å². The highest BCUT2D eigenvalue weighted by Gasteiger charge is 2.16. The van der Waals surface area contributed by atoms with Crippen LogP contribution < -0.4 is 0 Å². The molecule has 0 radical (unpaired) electrons. The number of halogens is 2. The third-order valence-corrected chi connectivity index (χ3v) is 4.01. The summed E-state index contributed by atoms with van der Waals surface area (Å²) in [5.41, 5.74) is 1.07. The Labute approximate surface area is 110 Å². The molecule has 0 bridgehead atoms. The van der Waals surface area contributed by atoms with Gasteiger partial charge in [-0.25, -0.2) is 0 Å². The van der Waals surface area contributed by atoms with Gasteiger partial charge in [0, 0.05) is 16.1 Å². The molecular formula is C13H16BrClO. The van der Waals surface area contributed by atoms with E-state index >= 15 is 0 Å². The van der Waals surface area contributed by atoms with Crippen molar-refractivity contribution in [3.05, 3.63) is 33.3 Å². The van der Waals surface area contributed by atoms with Gasteiger partial charge in [0.05, 0.1) is 6.61 Å². The van der Waals surface area contributed by atoms with Gasteiger partial charge in [0.2, 0.25) is 0 Å². The zero-order valence-electron chi connectivity index (χ0n) is 9.22. The lowest BCUT2D eigenvalue weighted by atomic mass is 9.83. The Kier molecular flexibility index (Phi) is 4.68. The van der Waals surface area contributed by atoms with Crippen LogP contribution in [0.3, 0.4) is 0 Å². The predicted molar refractivity (Wildman–Crippen MR) is 70.8 cm³/mol. The van der Waals surface area contributed by atoms with Crippen molar-refractivity contribution in [3.63, 3.8) is 0 Å². The molecule has 1 fully saturated rings. The minimum atomic E-state index is 0.624. The molecule has 0 N–H and O–H groups in total. The molecule has 0 spiro atoms. The first kappa shape index (κ1) is 12.4. The molecule has 1 nitrogen and oxygen atoms in total. The highest BCUT2D eigenvalue weighted by atomic mass is 79.9. The summed E-state index contributed by atoms with van der Waals surface area (Å²) >= 11 is 9.49. The molecule has 0 atom stereocenters. The number of hydrogen-bond donors (Lipinski definition) is 0. The van der Waals surface area contributed by atoms with Crippen molar-refractivity contribution in [1.82, 2.24) is 0 Å². The lowest BCUT2D eigenvalue weighted by molar-refractivity contribution is 0.0950. The van der Waals surface area contributed by atoms with Crippen molar-refractivity contribution in [1.29, 1.82) is 0 Å². The van der Waals surface area contributed by atoms with Crippen LogP contribution in [0.2, 0.25) is 5.02 Å². The molecule has 0 aliphatic heterocycles. The standard InChI is InChI=1S/C13H16BrClO/c14-12-5-4-11(13(15)8-12)9-16-7-6-10-2-1-3-10/h4-5,8,10H,1-3,6-7,9H2. The molecule has 1 aliphatic rings. The number of hydrogen-bond acceptors (Lipinski definition) is 1. The Hall–Kier alpha value is -0.0500. The Morgan fingerprint density at radius 3 is 2.81 bits per heavy atom. The molecule has 88 valence electrons. The van der Waals surface area contributed by atoms with Crippen LogP contribution >= 0.6 is 27.5 Å². The summed E-state index contributed by atoms with van der Waals surface area (Å²) in [6.07, 6.45) is 5.39. The zero-order valence-corrected chi connectivity index (χ0v) is 11.6. The number of ether oxygens (including phenoxy) is 1. The summed E-state index contributed by atoms with van der Waals surface area (Å²) in [5, 5.41) is 0.776. The van der Waals surface area contributed by atoms with E-state index in [1.54, 1.807) is 0 Å². The van der Waals surface area contributed by atoms with Crippen LogP contribution in [0.5, 0.6) is 0 Å². The number of rotatable bonds is 5. The fourth-order valence-electron chi connectivity index (χ4n) is 1.85. The van der Waals surface area contributed by atoms with E-state index in [0.717, 1.165) is 27.6 Å². The molecule has 0 unspecified atom stereocenters. The molecule has 1 aliphatic carbocycles. The van der Waals surface area contributed by atoms with Gasteiger partial charge < -0.3 is 4.74 Å². The molecule has 1 aromatic carbocycles. The molecule has 1 saturated carbocycles. The highest BCUT2D eigenvalue weighted by Crippen LogP contribution is 2.29. The van der Waals surface area contributed by atoms with Crippen LogP contribution in [-0.2, 0) is 11.3 Å². The topological polar surface area (TPSA) is 9.23 Å². The second kappa shape index (κ2) is 6.04. The van der Waals surface area contributed by atoms with E-state index in [0.29, 0.717) is 6.61 Å². The Bertz CT molecular complexity index is 350. The van der Waals surface area contributed by atoms with Crippen molar-refractivity contribution in [2.75, 3.05) is 6.61 Å². The van der Waals surface area contributed by atoms with Gasteiger partial charge in [0.15, 0.2) is 0 Å². The van der Waals surface area contributed by atoms with E-state index in [4.69, 9.17) is 16.3 Å². The molecule has 3 heteroatoms. The predicted octanol–water partition coefficient (Wildman–Crippen LogP) is 4.81. The summed E-state index contributed by atoms with van der Waals surface area (Å²) in [6.45, 7) is 1.48. The van der Waals surface area contributed by atoms with Crippen LogP contribution in [0.25, 0.3) is 0 Å². The first-order valence-electron chi connectivity index (χ1n) is 5.77. The second-order valence-corrected chi connectivity index (χ2v) is 5.70. The lowest BCUT2D eigenvalue weighted by Crippen LogP contribution is -2.13. The van der Waals surface area contributed by atoms with E-state index in [9.17, 15) is 0 Å². The molecular weight excluding hydrogens is 287 g/mol. The second-order valence-electron chi connectivity index (χ2n) is 4.37. The van der Waals surface area contributed by atoms with Crippen LogP contribution in [0.1, 0.15) is 31.2 Å². The highest BCUT2D eigenvalue weighted by molar-refractivity contribution is 9.10. The first-order chi connectivity index (χ1) is 7.75. The Balaban J connectivity index is 1.71. The molecule has 1 aromatic rings. The van der Waals surface area contributed by atoms with Crippen LogP contribution in [-0.4, -0.2) is 6.61 Å². The van der Waals surface area contributed by atoms with E-state index in [1.807, 2.05) is 18.2 Å². The van der Waals surface area contributed by atoms with Gasteiger partial charge in [-0.15, -0.1) is 0 Å². The maximum absolute atomic E-state index is 6.10. The SMILES string of the molecule is Clc1cc(Br)ccc1COCCC1CCC1. The smallest absolute Gasteiger partial charge is 0.0731 e. The monoisotopic (exact) mass is 302 g/mol. The summed E-state index contributed by atoms with van der Waals surface area (Å²) < 4.78 is 6.66. The maximum Gasteiger partial charge on any atom is 0.0731 e. The van der Waals surface area contributed by atoms with Gasteiger partial charge >= 0.3 is 0 Å². The summed E-state index contributed by atoms with van der Waals surface area (Å²) in [5.74, 6) is 0.917. The molecule has 0 heterocycles. The fourth-order valence-corrected chi connectivity index (χ4v) is 2.58. The largest absolute Gasteiger partial charge is 0.377 e. The molecule has 0 aromatic heterocycles. The van der Waals surface area contributed by atoms with Crippen LogP contribution in [0, 0.1) is 5.92 Å². The number of benzene rings is 1. The van der Waals surface area contributed by atoms with Gasteiger partial charge in [-0.3, -0.25) is 0 Å². The quantitative estimate of drug-likeness (QED) is 0.709. The fraction of sp³-hybridized carbons (Fsp3) is 0.538. The average molecular weight is 304 g/mol. The molecule has 2 rings (SSSR count). The van der Waals surface area contributed by atoms with E-state index in [2.05, 4.69) is 15.9 Å². The van der Waals surface area contributed by atoms with Crippen molar-refractivity contribution < 1.29 is 4.74 Å². The van der Waals surface area contributed by atoms with E-state index < -0.39 is 0 Å².